The van der Waals surface area contributed by atoms with E-state index in [0.717, 1.165) is 29.4 Å². The first kappa shape index (κ1) is 13.2. The van der Waals surface area contributed by atoms with Crippen molar-refractivity contribution in [2.24, 2.45) is 0 Å². The van der Waals surface area contributed by atoms with Gasteiger partial charge in [0.2, 0.25) is 0 Å². The number of nitrogens with one attached hydrogen (secondary N) is 1. The van der Waals surface area contributed by atoms with Gasteiger partial charge in [0.05, 0.1) is 19.8 Å². The Morgan fingerprint density at radius 1 is 0.864 bits per heavy atom. The average molecular weight is 291 g/mol. The van der Waals surface area contributed by atoms with Gasteiger partial charge in [-0.05, 0) is 35.4 Å². The van der Waals surface area contributed by atoms with Crippen molar-refractivity contribution in [3.05, 3.63) is 77.6 Å². The summed E-state index contributed by atoms with van der Waals surface area (Å²) in [6, 6.07) is 20.6. The van der Waals surface area contributed by atoms with E-state index in [2.05, 4.69) is 35.6 Å². The van der Waals surface area contributed by atoms with Crippen LogP contribution < -0.4 is 5.32 Å². The zero-order chi connectivity index (χ0) is 14.8. The Morgan fingerprint density at radius 3 is 2.64 bits per heavy atom. The highest BCUT2D eigenvalue weighted by Gasteiger charge is 2.11. The van der Waals surface area contributed by atoms with Crippen LogP contribution in [0.15, 0.2) is 65.1 Å². The molecule has 0 aliphatic carbocycles. The fraction of sp³-hybridized carbons (Fsp3) is 0.158. The van der Waals surface area contributed by atoms with E-state index in [1.54, 1.807) is 0 Å². The first-order chi connectivity index (χ1) is 10.9. The third-order valence-corrected chi connectivity index (χ3v) is 3.91. The van der Waals surface area contributed by atoms with Gasteiger partial charge in [0.1, 0.15) is 11.5 Å². The maximum Gasteiger partial charge on any atom is 0.134 e. The number of hydrogen-bond acceptors (Lipinski definition) is 3. The van der Waals surface area contributed by atoms with Crippen LogP contribution in [0.3, 0.4) is 0 Å². The number of anilines is 1. The molecule has 0 spiro atoms. The van der Waals surface area contributed by atoms with Crippen LogP contribution in [0, 0.1) is 0 Å². The van der Waals surface area contributed by atoms with E-state index in [1.807, 2.05) is 30.3 Å². The normalized spacial score (nSPS) is 13.1. The van der Waals surface area contributed by atoms with Gasteiger partial charge < -0.3 is 14.5 Å². The molecule has 1 aliphatic rings. The molecule has 2 heterocycles. The minimum Gasteiger partial charge on any atom is -0.459 e. The largest absolute Gasteiger partial charge is 0.459 e. The number of ether oxygens (including phenoxy) is 1. The summed E-state index contributed by atoms with van der Waals surface area (Å²) in [7, 11) is 0. The summed E-state index contributed by atoms with van der Waals surface area (Å²) in [4.78, 5) is 0. The Bertz CT molecular complexity index is 777. The van der Waals surface area contributed by atoms with Gasteiger partial charge in [0.25, 0.3) is 0 Å². The highest BCUT2D eigenvalue weighted by Crippen LogP contribution is 2.25. The summed E-state index contributed by atoms with van der Waals surface area (Å²) in [5.41, 5.74) is 4.76. The molecule has 2 aromatic carbocycles. The smallest absolute Gasteiger partial charge is 0.134 e. The van der Waals surface area contributed by atoms with E-state index < -0.39 is 0 Å². The maximum absolute atomic E-state index is 5.90. The standard InChI is InChI=1S/C19H17NO2/c1-2-4-14(5-3-1)19-9-8-18(22-19)11-20-17-7-6-15-12-21-13-16(15)10-17/h1-10,20H,11-13H2. The predicted molar refractivity (Wildman–Crippen MR) is 86.4 cm³/mol. The molecule has 3 heteroatoms. The first-order valence-electron chi connectivity index (χ1n) is 7.46. The molecule has 22 heavy (non-hydrogen) atoms. The highest BCUT2D eigenvalue weighted by molar-refractivity contribution is 5.57. The number of furan rings is 1. The molecule has 0 bridgehead atoms. The SMILES string of the molecule is c1ccc(-c2ccc(CNc3ccc4c(c3)COC4)o2)cc1. The van der Waals surface area contributed by atoms with Crippen LogP contribution in [0.25, 0.3) is 11.3 Å². The monoisotopic (exact) mass is 291 g/mol. The van der Waals surface area contributed by atoms with Crippen molar-refractivity contribution in [2.75, 3.05) is 5.32 Å². The van der Waals surface area contributed by atoms with E-state index in [9.17, 15) is 0 Å². The second kappa shape index (κ2) is 5.70. The minimum atomic E-state index is 0.673. The second-order valence-electron chi connectivity index (χ2n) is 5.46. The third kappa shape index (κ3) is 2.63. The lowest BCUT2D eigenvalue weighted by molar-refractivity contribution is 0.134. The molecule has 4 rings (SSSR count). The molecule has 0 unspecified atom stereocenters. The Kier molecular flexibility index (Phi) is 3.41. The van der Waals surface area contributed by atoms with E-state index >= 15 is 0 Å². The van der Waals surface area contributed by atoms with Crippen molar-refractivity contribution in [1.82, 2.24) is 0 Å². The second-order valence-corrected chi connectivity index (χ2v) is 5.46. The molecule has 110 valence electrons. The summed E-state index contributed by atoms with van der Waals surface area (Å²) in [6.07, 6.45) is 0. The molecule has 3 nitrogen and oxygen atoms in total. The summed E-state index contributed by atoms with van der Waals surface area (Å²) in [6.45, 7) is 2.12. The van der Waals surface area contributed by atoms with Crippen molar-refractivity contribution < 1.29 is 9.15 Å². The van der Waals surface area contributed by atoms with Crippen LogP contribution in [0.1, 0.15) is 16.9 Å². The lowest BCUT2D eigenvalue weighted by Crippen LogP contribution is -1.98. The number of rotatable bonds is 4. The molecule has 0 saturated carbocycles. The Labute approximate surface area is 129 Å². The molecule has 0 fully saturated rings. The first-order valence-corrected chi connectivity index (χ1v) is 7.46. The molecule has 3 aromatic rings. The van der Waals surface area contributed by atoms with Gasteiger partial charge in [-0.25, -0.2) is 0 Å². The number of benzene rings is 2. The molecular weight excluding hydrogens is 274 g/mol. The van der Waals surface area contributed by atoms with Crippen LogP contribution >= 0.6 is 0 Å². The van der Waals surface area contributed by atoms with E-state index in [1.165, 1.54) is 11.1 Å². The molecule has 0 atom stereocenters. The topological polar surface area (TPSA) is 34.4 Å². The van der Waals surface area contributed by atoms with Crippen LogP contribution in [0.4, 0.5) is 5.69 Å². The van der Waals surface area contributed by atoms with Gasteiger partial charge in [-0.2, -0.15) is 0 Å². The van der Waals surface area contributed by atoms with E-state index in [-0.39, 0.29) is 0 Å². The van der Waals surface area contributed by atoms with Gasteiger partial charge >= 0.3 is 0 Å². The molecule has 1 aromatic heterocycles. The average Bonchev–Trinajstić information content (AvgIpc) is 3.22. The van der Waals surface area contributed by atoms with Gasteiger partial charge in [-0.15, -0.1) is 0 Å². The predicted octanol–water partition coefficient (Wildman–Crippen LogP) is 4.59. The quantitative estimate of drug-likeness (QED) is 0.763. The highest BCUT2D eigenvalue weighted by atomic mass is 16.5. The molecule has 0 amide bonds. The zero-order valence-electron chi connectivity index (χ0n) is 12.2. The Balaban J connectivity index is 1.45. The van der Waals surface area contributed by atoms with E-state index in [0.29, 0.717) is 13.2 Å². The van der Waals surface area contributed by atoms with Crippen molar-refractivity contribution >= 4 is 5.69 Å². The molecular formula is C19H17NO2. The van der Waals surface area contributed by atoms with Gasteiger partial charge in [-0.3, -0.25) is 0 Å². The third-order valence-electron chi connectivity index (χ3n) is 3.91. The Hall–Kier alpha value is -2.52. The summed E-state index contributed by atoms with van der Waals surface area (Å²) in [5.74, 6) is 1.83. The maximum atomic E-state index is 5.90. The fourth-order valence-corrected chi connectivity index (χ4v) is 2.70. The van der Waals surface area contributed by atoms with Crippen LogP contribution in [-0.2, 0) is 24.5 Å². The Morgan fingerprint density at radius 2 is 1.73 bits per heavy atom. The summed E-state index contributed by atoms with van der Waals surface area (Å²) in [5, 5.41) is 3.41. The fourth-order valence-electron chi connectivity index (χ4n) is 2.70. The molecule has 1 aliphatic heterocycles. The molecule has 0 radical (unpaired) electrons. The lowest BCUT2D eigenvalue weighted by atomic mass is 10.1. The zero-order valence-corrected chi connectivity index (χ0v) is 12.2. The lowest BCUT2D eigenvalue weighted by Gasteiger charge is -2.06. The summed E-state index contributed by atoms with van der Waals surface area (Å²) < 4.78 is 11.3. The van der Waals surface area contributed by atoms with Gasteiger partial charge in [0, 0.05) is 11.3 Å². The van der Waals surface area contributed by atoms with Crippen molar-refractivity contribution in [2.45, 2.75) is 19.8 Å². The minimum absolute atomic E-state index is 0.673. The van der Waals surface area contributed by atoms with Crippen molar-refractivity contribution in [1.29, 1.82) is 0 Å². The van der Waals surface area contributed by atoms with Gasteiger partial charge in [0.15, 0.2) is 0 Å². The molecule has 1 N–H and O–H groups in total. The summed E-state index contributed by atoms with van der Waals surface area (Å²) >= 11 is 0. The molecule has 0 saturated heterocycles. The van der Waals surface area contributed by atoms with Crippen LogP contribution in [0.2, 0.25) is 0 Å². The van der Waals surface area contributed by atoms with Crippen LogP contribution in [0.5, 0.6) is 0 Å². The van der Waals surface area contributed by atoms with Crippen molar-refractivity contribution in [3.63, 3.8) is 0 Å². The van der Waals surface area contributed by atoms with E-state index in [4.69, 9.17) is 9.15 Å². The van der Waals surface area contributed by atoms with Crippen molar-refractivity contribution in [3.8, 4) is 11.3 Å². The van der Waals surface area contributed by atoms with Gasteiger partial charge in [-0.1, -0.05) is 36.4 Å². The number of fused-ring (bicyclic) bond motifs is 1. The number of hydrogen-bond donors (Lipinski definition) is 1. The van der Waals surface area contributed by atoms with Crippen LogP contribution in [-0.4, -0.2) is 0 Å².